The number of carbonyl (C=O) groups excluding carboxylic acids is 1. The molecule has 0 unspecified atom stereocenters. The summed E-state index contributed by atoms with van der Waals surface area (Å²) >= 11 is 5.17. The molecule has 0 aliphatic heterocycles. The molecule has 0 bridgehead atoms. The van der Waals surface area contributed by atoms with Crippen molar-refractivity contribution in [3.05, 3.63) is 36.5 Å². The number of rotatable bonds is 3. The van der Waals surface area contributed by atoms with Crippen LogP contribution in [0, 0.1) is 0 Å². The Morgan fingerprint density at radius 2 is 2.20 bits per heavy atom. The molecule has 10 heavy (non-hydrogen) atoms. The molecular formula is C8H9ClO. The van der Waals surface area contributed by atoms with E-state index in [1.54, 1.807) is 12.2 Å². The highest BCUT2D eigenvalue weighted by molar-refractivity contribution is 6.68. The van der Waals surface area contributed by atoms with Gasteiger partial charge in [0.2, 0.25) is 0 Å². The summed E-state index contributed by atoms with van der Waals surface area (Å²) in [5.74, 6) is 0. The molecule has 0 spiro atoms. The van der Waals surface area contributed by atoms with E-state index >= 15 is 0 Å². The highest BCUT2D eigenvalue weighted by Gasteiger charge is 1.97. The Bertz CT molecular complexity index is 189. The van der Waals surface area contributed by atoms with Crippen LogP contribution < -0.4 is 0 Å². The molecule has 0 radical (unpaired) electrons. The highest BCUT2D eigenvalue weighted by atomic mass is 35.5. The van der Waals surface area contributed by atoms with Crippen LogP contribution in [0.4, 0.5) is 0 Å². The van der Waals surface area contributed by atoms with Crippen molar-refractivity contribution in [2.75, 3.05) is 0 Å². The number of hydrogen-bond donors (Lipinski definition) is 0. The van der Waals surface area contributed by atoms with Crippen molar-refractivity contribution in [2.24, 2.45) is 0 Å². The minimum absolute atomic E-state index is 0.416. The third kappa shape index (κ3) is 3.25. The summed E-state index contributed by atoms with van der Waals surface area (Å²) in [5, 5.41) is -0.479. The second-order valence-electron chi connectivity index (χ2n) is 1.63. The van der Waals surface area contributed by atoms with E-state index in [1.807, 2.05) is 13.0 Å². The third-order valence-corrected chi connectivity index (χ3v) is 1.13. The van der Waals surface area contributed by atoms with E-state index in [9.17, 15) is 4.79 Å². The largest absolute Gasteiger partial charge is 0.276 e. The zero-order valence-electron chi connectivity index (χ0n) is 5.80. The normalized spacial score (nSPS) is 12.0. The number of halogens is 1. The van der Waals surface area contributed by atoms with Gasteiger partial charge in [-0.2, -0.15) is 0 Å². The van der Waals surface area contributed by atoms with E-state index in [4.69, 9.17) is 11.6 Å². The van der Waals surface area contributed by atoms with Gasteiger partial charge in [0.05, 0.1) is 0 Å². The van der Waals surface area contributed by atoms with E-state index < -0.39 is 5.24 Å². The van der Waals surface area contributed by atoms with Crippen LogP contribution >= 0.6 is 11.6 Å². The van der Waals surface area contributed by atoms with E-state index in [0.717, 1.165) is 0 Å². The maximum Gasteiger partial charge on any atom is 0.252 e. The molecule has 1 nitrogen and oxygen atoms in total. The van der Waals surface area contributed by atoms with Crippen LogP contribution in [0.5, 0.6) is 0 Å². The Kier molecular flexibility index (Phi) is 4.59. The van der Waals surface area contributed by atoms with Crippen molar-refractivity contribution >= 4 is 16.8 Å². The number of hydrogen-bond acceptors (Lipinski definition) is 1. The minimum atomic E-state index is -0.479. The number of carbonyl (C=O) groups is 1. The fourth-order valence-electron chi connectivity index (χ4n) is 0.414. The quantitative estimate of drug-likeness (QED) is 0.349. The lowest BCUT2D eigenvalue weighted by molar-refractivity contribution is -0.108. The Balaban J connectivity index is 4.33. The summed E-state index contributed by atoms with van der Waals surface area (Å²) in [6.07, 6.45) is 6.58. The molecule has 0 aromatic rings. The van der Waals surface area contributed by atoms with Crippen LogP contribution in [0.25, 0.3) is 0 Å². The molecule has 0 rings (SSSR count). The molecule has 2 heteroatoms. The van der Waals surface area contributed by atoms with Gasteiger partial charge in [0.15, 0.2) is 0 Å². The average molecular weight is 157 g/mol. The molecule has 0 saturated heterocycles. The van der Waals surface area contributed by atoms with E-state index in [-0.39, 0.29) is 0 Å². The van der Waals surface area contributed by atoms with Gasteiger partial charge < -0.3 is 0 Å². The van der Waals surface area contributed by atoms with E-state index in [1.165, 1.54) is 6.08 Å². The molecule has 0 amide bonds. The van der Waals surface area contributed by atoms with Crippen molar-refractivity contribution in [1.82, 2.24) is 0 Å². The fourth-order valence-corrected chi connectivity index (χ4v) is 0.554. The average Bonchev–Trinajstić information content (AvgIpc) is 1.89. The smallest absolute Gasteiger partial charge is 0.252 e. The predicted molar refractivity (Wildman–Crippen MR) is 44.0 cm³/mol. The van der Waals surface area contributed by atoms with Crippen LogP contribution in [0.3, 0.4) is 0 Å². The topological polar surface area (TPSA) is 17.1 Å². The first-order chi connectivity index (χ1) is 4.72. The first-order valence-corrected chi connectivity index (χ1v) is 3.25. The maximum atomic E-state index is 10.5. The first-order valence-electron chi connectivity index (χ1n) is 2.87. The Labute approximate surface area is 65.7 Å². The summed E-state index contributed by atoms with van der Waals surface area (Å²) in [4.78, 5) is 10.5. The summed E-state index contributed by atoms with van der Waals surface area (Å²) < 4.78 is 0. The van der Waals surface area contributed by atoms with E-state index in [2.05, 4.69) is 6.58 Å². The lowest BCUT2D eigenvalue weighted by Crippen LogP contribution is -1.86. The zero-order chi connectivity index (χ0) is 7.98. The molecule has 0 aromatic heterocycles. The first kappa shape index (κ1) is 9.18. The van der Waals surface area contributed by atoms with Gasteiger partial charge in [0.1, 0.15) is 0 Å². The van der Waals surface area contributed by atoms with Gasteiger partial charge in [0, 0.05) is 5.57 Å². The lowest BCUT2D eigenvalue weighted by atomic mass is 10.2. The minimum Gasteiger partial charge on any atom is -0.276 e. The molecule has 0 fully saturated rings. The van der Waals surface area contributed by atoms with Crippen LogP contribution in [-0.4, -0.2) is 5.24 Å². The Morgan fingerprint density at radius 1 is 1.60 bits per heavy atom. The van der Waals surface area contributed by atoms with Gasteiger partial charge in [-0.3, -0.25) is 4.79 Å². The molecule has 0 aliphatic rings. The molecule has 0 atom stereocenters. The molecule has 0 saturated carbocycles. The summed E-state index contributed by atoms with van der Waals surface area (Å²) in [5.41, 5.74) is 0.416. The monoisotopic (exact) mass is 156 g/mol. The highest BCUT2D eigenvalue weighted by Crippen LogP contribution is 2.00. The Morgan fingerprint density at radius 3 is 2.50 bits per heavy atom. The van der Waals surface area contributed by atoms with Gasteiger partial charge in [-0.05, 0) is 18.5 Å². The van der Waals surface area contributed by atoms with Crippen LogP contribution in [0.2, 0.25) is 0 Å². The van der Waals surface area contributed by atoms with Crippen LogP contribution in [0.1, 0.15) is 6.92 Å². The van der Waals surface area contributed by atoms with Crippen molar-refractivity contribution in [3.8, 4) is 0 Å². The zero-order valence-corrected chi connectivity index (χ0v) is 6.56. The van der Waals surface area contributed by atoms with Crippen LogP contribution in [0.15, 0.2) is 36.5 Å². The lowest BCUT2D eigenvalue weighted by Gasteiger charge is -1.87. The molecule has 54 valence electrons. The van der Waals surface area contributed by atoms with Gasteiger partial charge >= 0.3 is 0 Å². The third-order valence-electron chi connectivity index (χ3n) is 0.915. The summed E-state index contributed by atoms with van der Waals surface area (Å²) in [6.45, 7) is 5.28. The fraction of sp³-hybridized carbons (Fsp3) is 0.125. The predicted octanol–water partition coefficient (Wildman–Crippen LogP) is 2.44. The summed E-state index contributed by atoms with van der Waals surface area (Å²) in [6, 6.07) is 0. The van der Waals surface area contributed by atoms with Gasteiger partial charge in [0.25, 0.3) is 5.24 Å². The number of allylic oxidation sites excluding steroid dienone is 5. The molecular weight excluding hydrogens is 148 g/mol. The van der Waals surface area contributed by atoms with E-state index in [0.29, 0.717) is 5.57 Å². The van der Waals surface area contributed by atoms with Gasteiger partial charge in [-0.25, -0.2) is 0 Å². The second-order valence-corrected chi connectivity index (χ2v) is 1.97. The van der Waals surface area contributed by atoms with Gasteiger partial charge in [-0.1, -0.05) is 30.9 Å². The SMILES string of the molecule is C=C/C(=C\C=C/C)C(=O)Cl. The molecule has 0 heterocycles. The van der Waals surface area contributed by atoms with Crippen LogP contribution in [-0.2, 0) is 4.79 Å². The summed E-state index contributed by atoms with van der Waals surface area (Å²) in [7, 11) is 0. The van der Waals surface area contributed by atoms with Crippen molar-refractivity contribution < 1.29 is 4.79 Å². The van der Waals surface area contributed by atoms with Crippen molar-refractivity contribution in [3.63, 3.8) is 0 Å². The van der Waals surface area contributed by atoms with Crippen molar-refractivity contribution in [1.29, 1.82) is 0 Å². The van der Waals surface area contributed by atoms with Crippen molar-refractivity contribution in [2.45, 2.75) is 6.92 Å². The molecule has 0 aliphatic carbocycles. The van der Waals surface area contributed by atoms with Gasteiger partial charge in [-0.15, -0.1) is 0 Å². The second kappa shape index (κ2) is 5.00. The Hall–Kier alpha value is -0.820. The molecule has 0 aromatic carbocycles. The molecule has 0 N–H and O–H groups in total. The standard InChI is InChI=1S/C8H9ClO/c1-3-5-6-7(4-2)8(9)10/h3-6H,2H2,1H3/b5-3-,7-6+. The maximum absolute atomic E-state index is 10.5.